The molecule has 1 aliphatic rings. The fraction of sp³-hybridized carbons (Fsp3) is 0. The number of rotatable bonds is 5. The minimum absolute atomic E-state index is 0.0269. The van der Waals surface area contributed by atoms with E-state index in [1.165, 1.54) is 24.3 Å². The lowest BCUT2D eigenvalue weighted by Gasteiger charge is -1.94. The normalized spacial score (nSPS) is 15.9. The molecule has 0 aliphatic carbocycles. The number of esters is 1. The van der Waals surface area contributed by atoms with E-state index >= 15 is 0 Å². The second kappa shape index (κ2) is 8.25. The summed E-state index contributed by atoms with van der Waals surface area (Å²) in [6.45, 7) is 0. The molecule has 0 amide bonds. The molecule has 134 valence electrons. The van der Waals surface area contributed by atoms with Gasteiger partial charge in [0.2, 0.25) is 5.90 Å². The molecule has 7 heteroatoms. The number of benzene rings is 2. The number of nitro groups is 1. The number of non-ortho nitro benzene ring substituents is 1. The van der Waals surface area contributed by atoms with Crippen molar-refractivity contribution in [3.8, 4) is 0 Å². The molecule has 3 rings (SSSR count). The number of carbonyl (C=O) groups excluding carboxylic acids is 1. The van der Waals surface area contributed by atoms with Gasteiger partial charge in [0, 0.05) is 23.2 Å². The standard InChI is InChI=1S/C20H13ClN2O4/c21-16(11-14-5-2-1-3-6-14)13-18-20(24)27-19(22-18)10-9-15-7-4-8-17(12-15)23(25)26/h1-13H/b10-9+,16-11-,18-13-. The molecular weight excluding hydrogens is 368 g/mol. The van der Waals surface area contributed by atoms with E-state index in [2.05, 4.69) is 4.99 Å². The maximum Gasteiger partial charge on any atom is 0.363 e. The summed E-state index contributed by atoms with van der Waals surface area (Å²) in [5.41, 5.74) is 1.52. The van der Waals surface area contributed by atoms with Crippen LogP contribution in [0, 0.1) is 10.1 Å². The Morgan fingerprint density at radius 1 is 1.07 bits per heavy atom. The average molecular weight is 381 g/mol. The largest absolute Gasteiger partial charge is 0.403 e. The van der Waals surface area contributed by atoms with Crippen molar-refractivity contribution in [2.75, 3.05) is 0 Å². The summed E-state index contributed by atoms with van der Waals surface area (Å²) in [7, 11) is 0. The van der Waals surface area contributed by atoms with E-state index in [-0.39, 0.29) is 17.3 Å². The van der Waals surface area contributed by atoms with Crippen LogP contribution < -0.4 is 0 Å². The number of halogens is 1. The van der Waals surface area contributed by atoms with Gasteiger partial charge in [-0.05, 0) is 29.4 Å². The molecule has 0 unspecified atom stereocenters. The Morgan fingerprint density at radius 3 is 2.56 bits per heavy atom. The van der Waals surface area contributed by atoms with E-state index in [1.54, 1.807) is 24.3 Å². The zero-order chi connectivity index (χ0) is 19.2. The summed E-state index contributed by atoms with van der Waals surface area (Å²) in [6.07, 6.45) is 6.16. The van der Waals surface area contributed by atoms with Crippen LogP contribution in [0.4, 0.5) is 5.69 Å². The van der Waals surface area contributed by atoms with Gasteiger partial charge >= 0.3 is 5.97 Å². The second-order valence-corrected chi connectivity index (χ2v) is 5.93. The monoisotopic (exact) mass is 380 g/mol. The van der Waals surface area contributed by atoms with Crippen molar-refractivity contribution in [3.05, 3.63) is 98.7 Å². The summed E-state index contributed by atoms with van der Waals surface area (Å²) in [4.78, 5) is 26.3. The summed E-state index contributed by atoms with van der Waals surface area (Å²) in [5.74, 6) is -0.532. The number of allylic oxidation sites excluding steroid dienone is 2. The molecule has 1 aliphatic heterocycles. The molecule has 27 heavy (non-hydrogen) atoms. The van der Waals surface area contributed by atoms with Gasteiger partial charge in [-0.25, -0.2) is 9.79 Å². The molecule has 0 fully saturated rings. The lowest BCUT2D eigenvalue weighted by atomic mass is 10.2. The minimum Gasteiger partial charge on any atom is -0.403 e. The number of nitrogens with zero attached hydrogens (tertiary/aromatic N) is 2. The second-order valence-electron chi connectivity index (χ2n) is 5.49. The van der Waals surface area contributed by atoms with Crippen molar-refractivity contribution < 1.29 is 14.5 Å². The summed E-state index contributed by atoms with van der Waals surface area (Å²) in [6, 6.07) is 15.5. The minimum atomic E-state index is -0.617. The van der Waals surface area contributed by atoms with Crippen molar-refractivity contribution >= 4 is 41.3 Å². The van der Waals surface area contributed by atoms with E-state index in [1.807, 2.05) is 30.3 Å². The first-order valence-corrected chi connectivity index (χ1v) is 8.26. The molecule has 2 aromatic carbocycles. The van der Waals surface area contributed by atoms with E-state index in [0.29, 0.717) is 10.6 Å². The van der Waals surface area contributed by atoms with Gasteiger partial charge in [0.1, 0.15) is 0 Å². The van der Waals surface area contributed by atoms with Crippen LogP contribution in [0.5, 0.6) is 0 Å². The number of hydrogen-bond acceptors (Lipinski definition) is 5. The summed E-state index contributed by atoms with van der Waals surface area (Å²) in [5, 5.41) is 11.1. The van der Waals surface area contributed by atoms with Gasteiger partial charge in [0.05, 0.1) is 4.92 Å². The van der Waals surface area contributed by atoms with Crippen LogP contribution >= 0.6 is 11.6 Å². The van der Waals surface area contributed by atoms with Crippen molar-refractivity contribution in [3.63, 3.8) is 0 Å². The van der Waals surface area contributed by atoms with Crippen LogP contribution in [0.2, 0.25) is 0 Å². The topological polar surface area (TPSA) is 81.8 Å². The highest BCUT2D eigenvalue weighted by molar-refractivity contribution is 6.33. The van der Waals surface area contributed by atoms with Crippen molar-refractivity contribution in [1.29, 1.82) is 0 Å². The van der Waals surface area contributed by atoms with Crippen LogP contribution in [0.1, 0.15) is 11.1 Å². The third-order valence-electron chi connectivity index (χ3n) is 3.52. The molecule has 0 saturated heterocycles. The smallest absolute Gasteiger partial charge is 0.363 e. The molecule has 0 spiro atoms. The molecule has 1 heterocycles. The third kappa shape index (κ3) is 4.99. The van der Waals surface area contributed by atoms with Gasteiger partial charge in [0.25, 0.3) is 5.69 Å². The quantitative estimate of drug-likeness (QED) is 0.325. The van der Waals surface area contributed by atoms with Gasteiger partial charge in [-0.15, -0.1) is 0 Å². The highest BCUT2D eigenvalue weighted by atomic mass is 35.5. The van der Waals surface area contributed by atoms with Crippen molar-refractivity contribution in [1.82, 2.24) is 0 Å². The number of ether oxygens (including phenoxy) is 1. The predicted octanol–water partition coefficient (Wildman–Crippen LogP) is 4.73. The van der Waals surface area contributed by atoms with Crippen LogP contribution in [0.15, 0.2) is 82.5 Å². The Hall–Kier alpha value is -3.51. The van der Waals surface area contributed by atoms with Crippen molar-refractivity contribution in [2.24, 2.45) is 4.99 Å². The van der Waals surface area contributed by atoms with Gasteiger partial charge in [-0.3, -0.25) is 10.1 Å². The fourth-order valence-corrected chi connectivity index (χ4v) is 2.52. The van der Waals surface area contributed by atoms with E-state index in [0.717, 1.165) is 5.56 Å². The molecule has 0 N–H and O–H groups in total. The van der Waals surface area contributed by atoms with Crippen LogP contribution in [0.3, 0.4) is 0 Å². The van der Waals surface area contributed by atoms with Crippen LogP contribution in [-0.2, 0) is 9.53 Å². The molecule has 0 atom stereocenters. The lowest BCUT2D eigenvalue weighted by Crippen LogP contribution is -2.01. The lowest BCUT2D eigenvalue weighted by molar-refractivity contribution is -0.384. The van der Waals surface area contributed by atoms with E-state index < -0.39 is 10.9 Å². The van der Waals surface area contributed by atoms with Gasteiger partial charge in [0.15, 0.2) is 5.70 Å². The number of carbonyl (C=O) groups is 1. The third-order valence-corrected chi connectivity index (χ3v) is 3.73. The first-order chi connectivity index (χ1) is 13.0. The Bertz CT molecular complexity index is 1010. The molecule has 6 nitrogen and oxygen atoms in total. The Kier molecular flexibility index (Phi) is 5.58. The number of nitro benzene ring substituents is 1. The molecule has 0 bridgehead atoms. The molecule has 2 aromatic rings. The maximum absolute atomic E-state index is 11.9. The van der Waals surface area contributed by atoms with Crippen LogP contribution in [0.25, 0.3) is 12.2 Å². The maximum atomic E-state index is 11.9. The first kappa shape index (κ1) is 18.3. The Labute approximate surface area is 159 Å². The molecule has 0 radical (unpaired) electrons. The Morgan fingerprint density at radius 2 is 1.81 bits per heavy atom. The van der Waals surface area contributed by atoms with Gasteiger partial charge < -0.3 is 4.74 Å². The van der Waals surface area contributed by atoms with Crippen LogP contribution in [-0.4, -0.2) is 16.8 Å². The van der Waals surface area contributed by atoms with E-state index in [9.17, 15) is 14.9 Å². The summed E-state index contributed by atoms with van der Waals surface area (Å²) < 4.78 is 5.06. The number of hydrogen-bond donors (Lipinski definition) is 0. The first-order valence-electron chi connectivity index (χ1n) is 7.88. The van der Waals surface area contributed by atoms with Gasteiger partial charge in [-0.1, -0.05) is 54.1 Å². The zero-order valence-electron chi connectivity index (χ0n) is 13.9. The number of aliphatic imine (C=N–C) groups is 1. The number of cyclic esters (lactones) is 1. The SMILES string of the molecule is O=C1OC(/C=C/c2cccc([N+](=O)[O-])c2)=NC/1=C\C(Cl)=C\c1ccccc1. The zero-order valence-corrected chi connectivity index (χ0v) is 14.7. The van der Waals surface area contributed by atoms with Gasteiger partial charge in [-0.2, -0.15) is 0 Å². The molecular formula is C20H13ClN2O4. The fourth-order valence-electron chi connectivity index (χ4n) is 2.29. The van der Waals surface area contributed by atoms with Crippen molar-refractivity contribution in [2.45, 2.75) is 0 Å². The summed E-state index contributed by atoms with van der Waals surface area (Å²) >= 11 is 6.15. The van der Waals surface area contributed by atoms with E-state index in [4.69, 9.17) is 16.3 Å². The highest BCUT2D eigenvalue weighted by Crippen LogP contribution is 2.19. The molecule has 0 aromatic heterocycles. The molecule has 0 saturated carbocycles. The predicted molar refractivity (Wildman–Crippen MR) is 104 cm³/mol. The Balaban J connectivity index is 1.77. The average Bonchev–Trinajstić information content (AvgIpc) is 3.00. The highest BCUT2D eigenvalue weighted by Gasteiger charge is 2.21.